The van der Waals surface area contributed by atoms with E-state index in [0.717, 1.165) is 0 Å². The van der Waals surface area contributed by atoms with Gasteiger partial charge < -0.3 is 9.47 Å². The molecule has 0 saturated carbocycles. The van der Waals surface area contributed by atoms with Gasteiger partial charge in [-0.15, -0.1) is 0 Å². The van der Waals surface area contributed by atoms with Gasteiger partial charge in [-0.2, -0.15) is 0 Å². The van der Waals surface area contributed by atoms with Crippen LogP contribution < -0.4 is 0 Å². The first-order chi connectivity index (χ1) is 8.27. The number of allylic oxidation sites excluding steroid dienone is 2. The summed E-state index contributed by atoms with van der Waals surface area (Å²) in [7, 11) is 0. The first kappa shape index (κ1) is 21.1. The van der Waals surface area contributed by atoms with Gasteiger partial charge >= 0.3 is 0 Å². The van der Waals surface area contributed by atoms with E-state index < -0.39 is 0 Å². The van der Waals surface area contributed by atoms with E-state index in [4.69, 9.17) is 9.47 Å². The Morgan fingerprint density at radius 3 is 1.71 bits per heavy atom. The molecule has 0 N–H and O–H groups in total. The highest BCUT2D eigenvalue weighted by Gasteiger charge is 2.15. The fourth-order valence-electron chi connectivity index (χ4n) is 0.895. The second-order valence-electron chi connectivity index (χ2n) is 2.38. The second-order valence-corrected chi connectivity index (χ2v) is 2.38. The monoisotopic (exact) mass is 242 g/mol. The quantitative estimate of drug-likeness (QED) is 0.672. The summed E-state index contributed by atoms with van der Waals surface area (Å²) in [6, 6.07) is 0. The molecular formula is C15H30O2. The Balaban J connectivity index is -0.000000285. The zero-order valence-corrected chi connectivity index (χ0v) is 12.7. The van der Waals surface area contributed by atoms with E-state index in [9.17, 15) is 0 Å². The molecule has 0 fully saturated rings. The predicted octanol–water partition coefficient (Wildman–Crippen LogP) is 5.08. The van der Waals surface area contributed by atoms with Gasteiger partial charge in [0.05, 0.1) is 0 Å². The summed E-state index contributed by atoms with van der Waals surface area (Å²) in [5.41, 5.74) is 0. The third-order valence-electron chi connectivity index (χ3n) is 1.42. The molecule has 1 rings (SSSR count). The Labute approximate surface area is 108 Å². The van der Waals surface area contributed by atoms with Gasteiger partial charge in [0.2, 0.25) is 0 Å². The maximum absolute atomic E-state index is 5.40. The maximum Gasteiger partial charge on any atom is 0.161 e. The van der Waals surface area contributed by atoms with Crippen molar-refractivity contribution in [1.29, 1.82) is 0 Å². The molecule has 1 heterocycles. The highest BCUT2D eigenvalue weighted by atomic mass is 16.6. The molecule has 1 unspecified atom stereocenters. The Morgan fingerprint density at radius 1 is 0.941 bits per heavy atom. The third-order valence-corrected chi connectivity index (χ3v) is 1.42. The lowest BCUT2D eigenvalue weighted by Crippen LogP contribution is -2.21. The molecule has 1 atom stereocenters. The lowest BCUT2D eigenvalue weighted by molar-refractivity contribution is 0.0189. The lowest BCUT2D eigenvalue weighted by Gasteiger charge is -2.23. The second kappa shape index (κ2) is 17.2. The van der Waals surface area contributed by atoms with E-state index in [2.05, 4.69) is 13.2 Å². The van der Waals surface area contributed by atoms with Crippen molar-refractivity contribution in [1.82, 2.24) is 0 Å². The van der Waals surface area contributed by atoms with E-state index in [-0.39, 0.29) is 6.10 Å². The van der Waals surface area contributed by atoms with Crippen LogP contribution in [0.25, 0.3) is 0 Å². The van der Waals surface area contributed by atoms with E-state index in [1.54, 1.807) is 12.2 Å². The minimum Gasteiger partial charge on any atom is -0.486 e. The number of ether oxygens (including phenoxy) is 2. The Bertz CT molecular complexity index is 205. The van der Waals surface area contributed by atoms with Crippen LogP contribution in [-0.2, 0) is 9.47 Å². The van der Waals surface area contributed by atoms with Crippen LogP contribution in [0.3, 0.4) is 0 Å². The third kappa shape index (κ3) is 9.73. The first-order valence-electron chi connectivity index (χ1n) is 6.56. The minimum atomic E-state index is 0.103. The summed E-state index contributed by atoms with van der Waals surface area (Å²) in [5.74, 6) is 1.36. The zero-order valence-electron chi connectivity index (χ0n) is 12.7. The normalized spacial score (nSPS) is 16.3. The average molecular weight is 242 g/mol. The summed E-state index contributed by atoms with van der Waals surface area (Å²) >= 11 is 0. The summed E-state index contributed by atoms with van der Waals surface area (Å²) in [6.45, 7) is 21.7. The molecule has 17 heavy (non-hydrogen) atoms. The molecule has 0 aromatic heterocycles. The summed E-state index contributed by atoms with van der Waals surface area (Å²) in [4.78, 5) is 0. The predicted molar refractivity (Wildman–Crippen MR) is 78.0 cm³/mol. The standard InChI is InChI=1S/C9H12O2.3C2H6/c1-4-8-9(5-2)11-7(3)6-10-8;3*1-2/h4-5,7H,1-2,6H2,3H3;3*1-2H3. The van der Waals surface area contributed by atoms with Crippen molar-refractivity contribution in [2.75, 3.05) is 6.61 Å². The summed E-state index contributed by atoms with van der Waals surface area (Å²) in [5, 5.41) is 0. The Morgan fingerprint density at radius 2 is 1.35 bits per heavy atom. The number of rotatable bonds is 2. The molecule has 2 heteroatoms. The highest BCUT2D eigenvalue weighted by Crippen LogP contribution is 2.18. The van der Waals surface area contributed by atoms with Crippen molar-refractivity contribution in [3.8, 4) is 0 Å². The molecule has 0 aliphatic carbocycles. The van der Waals surface area contributed by atoms with Gasteiger partial charge in [-0.1, -0.05) is 54.7 Å². The molecule has 2 nitrogen and oxygen atoms in total. The van der Waals surface area contributed by atoms with Crippen LogP contribution in [0, 0.1) is 0 Å². The van der Waals surface area contributed by atoms with Crippen molar-refractivity contribution >= 4 is 0 Å². The SMILES string of the molecule is C=CC1=C(C=C)OC(C)CO1.CC.CC.CC. The van der Waals surface area contributed by atoms with E-state index in [1.165, 1.54) is 0 Å². The first-order valence-corrected chi connectivity index (χ1v) is 6.56. The largest absolute Gasteiger partial charge is 0.486 e. The highest BCUT2D eigenvalue weighted by molar-refractivity contribution is 5.23. The minimum absolute atomic E-state index is 0.103. The van der Waals surface area contributed by atoms with Gasteiger partial charge in [-0.25, -0.2) is 0 Å². The van der Waals surface area contributed by atoms with Gasteiger partial charge in [0, 0.05) is 0 Å². The fraction of sp³-hybridized carbons (Fsp3) is 0.600. The molecule has 0 aromatic rings. The number of hydrogen-bond acceptors (Lipinski definition) is 2. The van der Waals surface area contributed by atoms with Crippen molar-refractivity contribution in [3.63, 3.8) is 0 Å². The average Bonchev–Trinajstić information content (AvgIpc) is 2.45. The van der Waals surface area contributed by atoms with Crippen molar-refractivity contribution < 1.29 is 9.47 Å². The van der Waals surface area contributed by atoms with Crippen molar-refractivity contribution in [2.24, 2.45) is 0 Å². The molecule has 0 amide bonds. The maximum atomic E-state index is 5.40. The van der Waals surface area contributed by atoms with Gasteiger partial charge in [-0.3, -0.25) is 0 Å². The van der Waals surface area contributed by atoms with Crippen LogP contribution in [-0.4, -0.2) is 12.7 Å². The molecule has 102 valence electrons. The molecule has 0 radical (unpaired) electrons. The molecule has 0 aromatic carbocycles. The van der Waals surface area contributed by atoms with Crippen LogP contribution in [0.15, 0.2) is 36.8 Å². The molecule has 0 bridgehead atoms. The molecule has 0 saturated heterocycles. The fourth-order valence-corrected chi connectivity index (χ4v) is 0.895. The molecule has 1 aliphatic rings. The van der Waals surface area contributed by atoms with Gasteiger partial charge in [-0.05, 0) is 19.1 Å². The van der Waals surface area contributed by atoms with Gasteiger partial charge in [0.1, 0.15) is 12.7 Å². The van der Waals surface area contributed by atoms with Crippen molar-refractivity contribution in [3.05, 3.63) is 36.8 Å². The zero-order chi connectivity index (χ0) is 14.3. The van der Waals surface area contributed by atoms with Crippen LogP contribution in [0.5, 0.6) is 0 Å². The lowest BCUT2D eigenvalue weighted by atomic mass is 10.3. The summed E-state index contributed by atoms with van der Waals surface area (Å²) in [6.07, 6.45) is 3.36. The Kier molecular flexibility index (Phi) is 21.4. The smallest absolute Gasteiger partial charge is 0.161 e. The van der Waals surface area contributed by atoms with Gasteiger partial charge in [0.15, 0.2) is 11.5 Å². The number of hydrogen-bond donors (Lipinski definition) is 0. The van der Waals surface area contributed by atoms with E-state index in [0.29, 0.717) is 18.1 Å². The van der Waals surface area contributed by atoms with Crippen LogP contribution in [0.1, 0.15) is 48.5 Å². The van der Waals surface area contributed by atoms with Crippen LogP contribution >= 0.6 is 0 Å². The van der Waals surface area contributed by atoms with E-state index in [1.807, 2.05) is 48.5 Å². The van der Waals surface area contributed by atoms with E-state index >= 15 is 0 Å². The Hall–Kier alpha value is -1.18. The van der Waals surface area contributed by atoms with Gasteiger partial charge in [0.25, 0.3) is 0 Å². The molecular weight excluding hydrogens is 212 g/mol. The topological polar surface area (TPSA) is 18.5 Å². The van der Waals surface area contributed by atoms with Crippen LogP contribution in [0.4, 0.5) is 0 Å². The van der Waals surface area contributed by atoms with Crippen LogP contribution in [0.2, 0.25) is 0 Å². The van der Waals surface area contributed by atoms with Crippen molar-refractivity contribution in [2.45, 2.75) is 54.6 Å². The summed E-state index contributed by atoms with van der Waals surface area (Å²) < 4.78 is 10.7. The molecule has 0 spiro atoms. The molecule has 1 aliphatic heterocycles.